The molecule has 0 aliphatic heterocycles. The molecular weight excluding hydrogens is 249 g/mol. The fourth-order valence-corrected chi connectivity index (χ4v) is 1.44. The SMILES string of the molecule is O=[N+]([O-])c1ccc(Br)c(F)c1S. The lowest BCUT2D eigenvalue weighted by molar-refractivity contribution is -0.388. The van der Waals surface area contributed by atoms with Gasteiger partial charge in [0.25, 0.3) is 5.69 Å². The Bertz CT molecular complexity index is 345. The molecule has 0 aliphatic carbocycles. The van der Waals surface area contributed by atoms with Gasteiger partial charge in [-0.05, 0) is 22.0 Å². The number of rotatable bonds is 1. The lowest BCUT2D eigenvalue weighted by Crippen LogP contribution is -1.92. The van der Waals surface area contributed by atoms with Crippen LogP contribution in [0.15, 0.2) is 21.5 Å². The van der Waals surface area contributed by atoms with Crippen LogP contribution < -0.4 is 0 Å². The van der Waals surface area contributed by atoms with Crippen LogP contribution in [0.25, 0.3) is 0 Å². The zero-order chi connectivity index (χ0) is 9.30. The summed E-state index contributed by atoms with van der Waals surface area (Å²) in [7, 11) is 0. The Hall–Kier alpha value is -0.620. The smallest absolute Gasteiger partial charge is 0.258 e. The molecule has 0 bridgehead atoms. The lowest BCUT2D eigenvalue weighted by atomic mass is 10.3. The Balaban J connectivity index is 3.36. The van der Waals surface area contributed by atoms with E-state index in [1.807, 2.05) is 0 Å². The fourth-order valence-electron chi connectivity index (χ4n) is 0.677. The van der Waals surface area contributed by atoms with Crippen molar-refractivity contribution >= 4 is 34.2 Å². The third-order valence-electron chi connectivity index (χ3n) is 1.24. The van der Waals surface area contributed by atoms with E-state index in [9.17, 15) is 14.5 Å². The van der Waals surface area contributed by atoms with Gasteiger partial charge in [0.05, 0.1) is 9.40 Å². The van der Waals surface area contributed by atoms with Crippen molar-refractivity contribution in [3.8, 4) is 0 Å². The number of nitro groups is 1. The van der Waals surface area contributed by atoms with E-state index >= 15 is 0 Å². The van der Waals surface area contributed by atoms with Gasteiger partial charge in [-0.15, -0.1) is 12.6 Å². The maximum atomic E-state index is 12.9. The molecule has 0 amide bonds. The number of benzene rings is 1. The van der Waals surface area contributed by atoms with Crippen molar-refractivity contribution in [3.63, 3.8) is 0 Å². The molecule has 0 saturated heterocycles. The minimum atomic E-state index is -0.715. The second-order valence-corrected chi connectivity index (χ2v) is 3.29. The van der Waals surface area contributed by atoms with Crippen LogP contribution in [0.3, 0.4) is 0 Å². The third-order valence-corrected chi connectivity index (χ3v) is 2.28. The molecule has 3 nitrogen and oxygen atoms in total. The number of thiol groups is 1. The lowest BCUT2D eigenvalue weighted by Gasteiger charge is -1.98. The summed E-state index contributed by atoms with van der Waals surface area (Å²) in [6.07, 6.45) is 0. The van der Waals surface area contributed by atoms with Gasteiger partial charge in [0.2, 0.25) is 0 Å². The highest BCUT2D eigenvalue weighted by Crippen LogP contribution is 2.29. The van der Waals surface area contributed by atoms with Gasteiger partial charge in [0, 0.05) is 6.07 Å². The van der Waals surface area contributed by atoms with E-state index in [0.717, 1.165) is 0 Å². The predicted molar refractivity (Wildman–Crippen MR) is 48.0 cm³/mol. The minimum absolute atomic E-state index is 0.165. The van der Waals surface area contributed by atoms with Gasteiger partial charge >= 0.3 is 0 Å². The van der Waals surface area contributed by atoms with Crippen LogP contribution in [0.2, 0.25) is 0 Å². The summed E-state index contributed by atoms with van der Waals surface area (Å²) in [5.74, 6) is -0.715. The average molecular weight is 252 g/mol. The van der Waals surface area contributed by atoms with Crippen molar-refractivity contribution in [1.29, 1.82) is 0 Å². The standard InChI is InChI=1S/C6H3BrFNO2S/c7-3-1-2-4(9(10)11)6(12)5(3)8/h1-2,12H. The topological polar surface area (TPSA) is 43.1 Å². The molecule has 0 heterocycles. The first-order chi connectivity index (χ1) is 5.54. The van der Waals surface area contributed by atoms with Crippen LogP contribution in [0.5, 0.6) is 0 Å². The van der Waals surface area contributed by atoms with E-state index in [1.54, 1.807) is 0 Å². The predicted octanol–water partition coefficient (Wildman–Crippen LogP) is 2.79. The summed E-state index contributed by atoms with van der Waals surface area (Å²) < 4.78 is 13.1. The fraction of sp³-hybridized carbons (Fsp3) is 0. The first-order valence-electron chi connectivity index (χ1n) is 2.85. The first-order valence-corrected chi connectivity index (χ1v) is 4.09. The quantitative estimate of drug-likeness (QED) is 0.474. The molecule has 0 saturated carbocycles. The van der Waals surface area contributed by atoms with Crippen molar-refractivity contribution in [1.82, 2.24) is 0 Å². The molecule has 0 aromatic heterocycles. The first kappa shape index (κ1) is 9.47. The number of hydrogen-bond donors (Lipinski definition) is 1. The van der Waals surface area contributed by atoms with E-state index in [4.69, 9.17) is 0 Å². The van der Waals surface area contributed by atoms with Gasteiger partial charge < -0.3 is 0 Å². The van der Waals surface area contributed by atoms with Gasteiger partial charge in [-0.3, -0.25) is 10.1 Å². The number of hydrogen-bond acceptors (Lipinski definition) is 3. The molecule has 0 atom stereocenters. The molecule has 0 radical (unpaired) electrons. The van der Waals surface area contributed by atoms with Crippen LogP contribution in [0.4, 0.5) is 10.1 Å². The highest BCUT2D eigenvalue weighted by Gasteiger charge is 2.16. The molecule has 1 aromatic rings. The zero-order valence-electron chi connectivity index (χ0n) is 5.62. The Morgan fingerprint density at radius 1 is 1.58 bits per heavy atom. The highest BCUT2D eigenvalue weighted by atomic mass is 79.9. The molecular formula is C6H3BrFNO2S. The number of nitro benzene ring substituents is 1. The van der Waals surface area contributed by atoms with Crippen LogP contribution in [0.1, 0.15) is 0 Å². The van der Waals surface area contributed by atoms with E-state index in [0.29, 0.717) is 0 Å². The van der Waals surface area contributed by atoms with Gasteiger partial charge in [0.1, 0.15) is 4.90 Å². The molecule has 0 fully saturated rings. The summed E-state index contributed by atoms with van der Waals surface area (Å²) in [6.45, 7) is 0. The maximum Gasteiger partial charge on any atom is 0.285 e. The molecule has 1 rings (SSSR count). The normalized spacial score (nSPS) is 9.92. The monoisotopic (exact) mass is 251 g/mol. The largest absolute Gasteiger partial charge is 0.285 e. The molecule has 1 aromatic carbocycles. The molecule has 12 heavy (non-hydrogen) atoms. The molecule has 0 aliphatic rings. The van der Waals surface area contributed by atoms with Crippen LogP contribution >= 0.6 is 28.6 Å². The minimum Gasteiger partial charge on any atom is -0.258 e. The Labute approximate surface area is 81.3 Å². The molecule has 0 N–H and O–H groups in total. The van der Waals surface area contributed by atoms with E-state index < -0.39 is 10.7 Å². The maximum absolute atomic E-state index is 12.9. The van der Waals surface area contributed by atoms with Crippen LogP contribution in [-0.2, 0) is 0 Å². The molecule has 0 spiro atoms. The summed E-state index contributed by atoms with van der Waals surface area (Å²) in [5, 5.41) is 10.3. The van der Waals surface area contributed by atoms with Crippen molar-refractivity contribution < 1.29 is 9.31 Å². The number of halogens is 2. The van der Waals surface area contributed by atoms with Crippen molar-refractivity contribution in [3.05, 3.63) is 32.5 Å². The van der Waals surface area contributed by atoms with Gasteiger partial charge in [-0.25, -0.2) is 4.39 Å². The Kier molecular flexibility index (Phi) is 2.69. The Morgan fingerprint density at radius 3 is 2.67 bits per heavy atom. The summed E-state index contributed by atoms with van der Waals surface area (Å²) >= 11 is 6.56. The van der Waals surface area contributed by atoms with Crippen molar-refractivity contribution in [2.75, 3.05) is 0 Å². The second-order valence-electron chi connectivity index (χ2n) is 1.99. The average Bonchev–Trinajstić information content (AvgIpc) is 2.00. The van der Waals surface area contributed by atoms with Crippen molar-refractivity contribution in [2.45, 2.75) is 4.90 Å². The van der Waals surface area contributed by atoms with Gasteiger partial charge in [-0.2, -0.15) is 0 Å². The molecule has 6 heteroatoms. The summed E-state index contributed by atoms with van der Waals surface area (Å²) in [5.41, 5.74) is -0.334. The summed E-state index contributed by atoms with van der Waals surface area (Å²) in [6, 6.07) is 2.46. The van der Waals surface area contributed by atoms with E-state index in [-0.39, 0.29) is 15.1 Å². The van der Waals surface area contributed by atoms with Gasteiger partial charge in [0.15, 0.2) is 5.82 Å². The second kappa shape index (κ2) is 3.40. The van der Waals surface area contributed by atoms with Crippen LogP contribution in [-0.4, -0.2) is 4.92 Å². The van der Waals surface area contributed by atoms with Crippen LogP contribution in [0, 0.1) is 15.9 Å². The highest BCUT2D eigenvalue weighted by molar-refractivity contribution is 9.10. The zero-order valence-corrected chi connectivity index (χ0v) is 8.10. The molecule has 64 valence electrons. The van der Waals surface area contributed by atoms with Crippen molar-refractivity contribution in [2.24, 2.45) is 0 Å². The van der Waals surface area contributed by atoms with E-state index in [1.165, 1.54) is 12.1 Å². The molecule has 0 unspecified atom stereocenters. The van der Waals surface area contributed by atoms with E-state index in [2.05, 4.69) is 28.6 Å². The third kappa shape index (κ3) is 1.59. The number of nitrogens with zero attached hydrogens (tertiary/aromatic N) is 1. The summed E-state index contributed by atoms with van der Waals surface area (Å²) in [4.78, 5) is 9.32. The van der Waals surface area contributed by atoms with Gasteiger partial charge in [-0.1, -0.05) is 0 Å². The Morgan fingerprint density at radius 2 is 2.17 bits per heavy atom.